The summed E-state index contributed by atoms with van der Waals surface area (Å²) in [5.41, 5.74) is 1.59. The number of amides is 3. The Morgan fingerprint density at radius 1 is 1.14 bits per heavy atom. The van der Waals surface area contributed by atoms with Crippen LogP contribution in [0.2, 0.25) is 0 Å². The molecule has 4 N–H and O–H groups in total. The third-order valence-corrected chi connectivity index (χ3v) is 5.75. The number of anilines is 2. The summed E-state index contributed by atoms with van der Waals surface area (Å²) in [7, 11) is -4.27. The predicted octanol–water partition coefficient (Wildman–Crippen LogP) is 0.638. The zero-order valence-corrected chi connectivity index (χ0v) is 20.5. The quantitative estimate of drug-likeness (QED) is 0.155. The molecular formula is C22H24N7O7P. The number of carbonyl (C=O) groups excluding carboxylic acids is 3. The van der Waals surface area contributed by atoms with Gasteiger partial charge in [-0.15, -0.1) is 0 Å². The average Bonchev–Trinajstić information content (AvgIpc) is 3.42. The van der Waals surface area contributed by atoms with Crippen LogP contribution in [0.1, 0.15) is 17.3 Å². The van der Waals surface area contributed by atoms with E-state index in [1.165, 1.54) is 30.9 Å². The van der Waals surface area contributed by atoms with E-state index in [1.54, 1.807) is 29.7 Å². The molecule has 0 spiro atoms. The van der Waals surface area contributed by atoms with Gasteiger partial charge in [0.05, 0.1) is 24.7 Å². The third-order valence-electron chi connectivity index (χ3n) is 5.26. The van der Waals surface area contributed by atoms with E-state index in [4.69, 9.17) is 14.5 Å². The van der Waals surface area contributed by atoms with Crippen LogP contribution < -0.4 is 15.5 Å². The molecular weight excluding hydrogens is 505 g/mol. The highest BCUT2D eigenvalue weighted by molar-refractivity contribution is 7.51. The van der Waals surface area contributed by atoms with Crippen LogP contribution in [0.4, 0.5) is 11.5 Å². The highest BCUT2D eigenvalue weighted by atomic mass is 31.2. The van der Waals surface area contributed by atoms with Crippen molar-refractivity contribution in [3.63, 3.8) is 0 Å². The fourth-order valence-corrected chi connectivity index (χ4v) is 4.05. The molecule has 0 radical (unpaired) electrons. The predicted molar refractivity (Wildman–Crippen MR) is 132 cm³/mol. The molecule has 1 aliphatic rings. The van der Waals surface area contributed by atoms with E-state index in [2.05, 4.69) is 25.6 Å². The van der Waals surface area contributed by atoms with Crippen molar-refractivity contribution >= 4 is 48.0 Å². The van der Waals surface area contributed by atoms with Crippen LogP contribution in [-0.2, 0) is 25.4 Å². The first-order valence-electron chi connectivity index (χ1n) is 11.1. The fraction of sp³-hybridized carbons (Fsp3) is 0.273. The van der Waals surface area contributed by atoms with E-state index in [0.29, 0.717) is 34.8 Å². The third kappa shape index (κ3) is 6.43. The van der Waals surface area contributed by atoms with Crippen molar-refractivity contribution in [2.75, 3.05) is 29.7 Å². The summed E-state index contributed by atoms with van der Waals surface area (Å²) in [6.07, 6.45) is 4.06. The number of imide groups is 1. The second kappa shape index (κ2) is 11.0. The van der Waals surface area contributed by atoms with Crippen LogP contribution in [0.25, 0.3) is 11.2 Å². The molecule has 0 bridgehead atoms. The number of aromatic nitrogens is 4. The Morgan fingerprint density at radius 2 is 1.89 bits per heavy atom. The molecule has 15 heteroatoms. The molecule has 3 heterocycles. The molecule has 0 saturated heterocycles. The van der Waals surface area contributed by atoms with Gasteiger partial charge in [0.1, 0.15) is 18.2 Å². The smallest absolute Gasteiger partial charge is 0.350 e. The molecule has 0 saturated carbocycles. The zero-order valence-electron chi connectivity index (χ0n) is 19.6. The van der Waals surface area contributed by atoms with Crippen LogP contribution >= 0.6 is 7.60 Å². The van der Waals surface area contributed by atoms with Crippen molar-refractivity contribution in [3.8, 4) is 0 Å². The molecule has 37 heavy (non-hydrogen) atoms. The summed E-state index contributed by atoms with van der Waals surface area (Å²) in [4.78, 5) is 68.0. The van der Waals surface area contributed by atoms with Gasteiger partial charge in [-0.05, 0) is 25.1 Å². The Balaban J connectivity index is 1.32. The molecule has 0 unspecified atom stereocenters. The van der Waals surface area contributed by atoms with Gasteiger partial charge < -0.3 is 29.7 Å². The number of nitrogens with one attached hydrogen (secondary N) is 2. The topological polar surface area (TPSA) is 189 Å². The average molecular weight is 529 g/mol. The van der Waals surface area contributed by atoms with Crippen molar-refractivity contribution < 1.29 is 33.5 Å². The number of carbonyl (C=O) groups is 3. The number of hydrogen-bond acceptors (Lipinski definition) is 9. The monoisotopic (exact) mass is 529 g/mol. The summed E-state index contributed by atoms with van der Waals surface area (Å²) in [5.74, 6) is -0.860. The van der Waals surface area contributed by atoms with Crippen LogP contribution in [0.3, 0.4) is 0 Å². The molecule has 1 aromatic carbocycles. The van der Waals surface area contributed by atoms with Gasteiger partial charge in [-0.3, -0.25) is 18.9 Å². The highest BCUT2D eigenvalue weighted by Gasteiger charge is 2.25. The molecule has 1 aliphatic heterocycles. The maximum atomic E-state index is 12.6. The lowest BCUT2D eigenvalue weighted by Gasteiger charge is -2.15. The van der Waals surface area contributed by atoms with E-state index >= 15 is 0 Å². The zero-order chi connectivity index (χ0) is 26.6. The molecule has 0 aliphatic carbocycles. The summed E-state index contributed by atoms with van der Waals surface area (Å²) in [6, 6.07) is 6.21. The lowest BCUT2D eigenvalue weighted by molar-refractivity contribution is -0.120. The van der Waals surface area contributed by atoms with E-state index in [0.717, 1.165) is 4.90 Å². The van der Waals surface area contributed by atoms with Crippen molar-refractivity contribution in [2.24, 2.45) is 0 Å². The largest absolute Gasteiger partial charge is 0.366 e. The molecule has 4 rings (SSSR count). The summed E-state index contributed by atoms with van der Waals surface area (Å²) in [5, 5.41) is 5.85. The lowest BCUT2D eigenvalue weighted by Crippen LogP contribution is -2.31. The van der Waals surface area contributed by atoms with Gasteiger partial charge in [0.2, 0.25) is 0 Å². The van der Waals surface area contributed by atoms with Gasteiger partial charge in [0.15, 0.2) is 11.5 Å². The van der Waals surface area contributed by atoms with E-state index in [-0.39, 0.29) is 19.0 Å². The number of imidazole rings is 1. The van der Waals surface area contributed by atoms with Gasteiger partial charge in [-0.25, -0.2) is 19.9 Å². The molecule has 0 fully saturated rings. The highest BCUT2D eigenvalue weighted by Crippen LogP contribution is 2.34. The molecule has 14 nitrogen and oxygen atoms in total. The Kier molecular flexibility index (Phi) is 7.74. The second-order valence-electron chi connectivity index (χ2n) is 8.14. The normalized spacial score (nSPS) is 14.4. The van der Waals surface area contributed by atoms with Crippen LogP contribution in [0.5, 0.6) is 0 Å². The minimum absolute atomic E-state index is 0.242. The maximum Gasteiger partial charge on any atom is 0.350 e. The molecule has 194 valence electrons. The molecule has 1 atom stereocenters. The van der Waals surface area contributed by atoms with Crippen LogP contribution in [-0.4, -0.2) is 72.6 Å². The first-order chi connectivity index (χ1) is 17.6. The van der Waals surface area contributed by atoms with E-state index in [1.807, 2.05) is 0 Å². The van der Waals surface area contributed by atoms with Crippen LogP contribution in [0.15, 0.2) is 49.1 Å². The summed E-state index contributed by atoms with van der Waals surface area (Å²) < 4.78 is 17.9. The molecule has 2 aromatic heterocycles. The number of fused-ring (bicyclic) bond motifs is 1. The van der Waals surface area contributed by atoms with Gasteiger partial charge >= 0.3 is 7.60 Å². The van der Waals surface area contributed by atoms with Gasteiger partial charge in [-0.2, -0.15) is 0 Å². The van der Waals surface area contributed by atoms with Crippen molar-refractivity contribution in [3.05, 3.63) is 54.6 Å². The Labute approximate surface area is 210 Å². The van der Waals surface area contributed by atoms with Crippen molar-refractivity contribution in [2.45, 2.75) is 19.6 Å². The van der Waals surface area contributed by atoms with Crippen LogP contribution in [0, 0.1) is 0 Å². The number of benzene rings is 1. The Bertz CT molecular complexity index is 1400. The van der Waals surface area contributed by atoms with Gasteiger partial charge in [0, 0.05) is 30.8 Å². The van der Waals surface area contributed by atoms with E-state index in [9.17, 15) is 18.9 Å². The molecule has 3 aromatic rings. The second-order valence-corrected chi connectivity index (χ2v) is 9.73. The summed E-state index contributed by atoms with van der Waals surface area (Å²) in [6.45, 7) is 2.51. The minimum atomic E-state index is -4.27. The summed E-state index contributed by atoms with van der Waals surface area (Å²) >= 11 is 0. The van der Waals surface area contributed by atoms with Gasteiger partial charge in [0.25, 0.3) is 17.7 Å². The first kappa shape index (κ1) is 26.1. The van der Waals surface area contributed by atoms with Gasteiger partial charge in [-0.1, -0.05) is 6.07 Å². The van der Waals surface area contributed by atoms with E-state index < -0.39 is 31.9 Å². The molecule has 3 amide bonds. The number of ether oxygens (including phenoxy) is 1. The Hall–Kier alpha value is -3.97. The van der Waals surface area contributed by atoms with Crippen molar-refractivity contribution in [1.29, 1.82) is 0 Å². The van der Waals surface area contributed by atoms with Crippen molar-refractivity contribution in [1.82, 2.24) is 24.8 Å². The minimum Gasteiger partial charge on any atom is -0.366 e. The lowest BCUT2D eigenvalue weighted by atomic mass is 10.1. The SMILES string of the molecule is C[C@H](Cn1cnc2c(NCCNC(=O)c3cccc(N4C(=O)C=CC4=O)c3)ncnc21)OCP(=O)(O)O. The maximum absolute atomic E-state index is 12.6. The number of hydrogen-bond donors (Lipinski definition) is 4. The Morgan fingerprint density at radius 3 is 2.62 bits per heavy atom. The standard InChI is InChI=1S/C22H24N7O7P/c1-14(36-13-37(33,34)35)10-28-12-27-19-20(25-11-26-21(19)28)23-7-8-24-22(32)15-3-2-4-16(9-15)29-17(30)5-6-18(29)31/h2-6,9,11-12,14H,7-8,10,13H2,1H3,(H,24,32)(H,23,25,26)(H2,33,34,35)/t14-/m1/s1. The fourth-order valence-electron chi connectivity index (χ4n) is 3.60. The number of nitrogens with zero attached hydrogens (tertiary/aromatic N) is 5. The first-order valence-corrected chi connectivity index (χ1v) is 12.9. The number of rotatable bonds is 11.